The van der Waals surface area contributed by atoms with E-state index in [9.17, 15) is 9.59 Å². The lowest BCUT2D eigenvalue weighted by Gasteiger charge is -2.43. The minimum absolute atomic E-state index is 0.0510. The molecule has 2 aliphatic rings. The van der Waals surface area contributed by atoms with Crippen molar-refractivity contribution in [3.05, 3.63) is 54.1 Å². The van der Waals surface area contributed by atoms with E-state index >= 15 is 0 Å². The minimum atomic E-state index is -0.364. The van der Waals surface area contributed by atoms with Gasteiger partial charge in [-0.2, -0.15) is 0 Å². The number of hydrogen-bond donors (Lipinski definition) is 1. The molecule has 0 spiro atoms. The maximum Gasteiger partial charge on any atom is 0.227 e. The number of carbonyl (C=O) groups is 2. The highest BCUT2D eigenvalue weighted by Gasteiger charge is 2.43. The SMILES string of the molecule is COc1ccc(N2C[C@@H](C(=O)NC3(c4ccccc4)CCC3)CC2=O)cc1OC. The summed E-state index contributed by atoms with van der Waals surface area (Å²) >= 11 is 0. The summed E-state index contributed by atoms with van der Waals surface area (Å²) in [7, 11) is 3.13. The predicted octanol–water partition coefficient (Wildman–Crippen LogP) is 3.25. The van der Waals surface area contributed by atoms with E-state index in [4.69, 9.17) is 9.47 Å². The van der Waals surface area contributed by atoms with Crippen LogP contribution in [0.1, 0.15) is 31.2 Å². The Labute approximate surface area is 170 Å². The van der Waals surface area contributed by atoms with E-state index in [0.29, 0.717) is 23.7 Å². The molecule has 2 fully saturated rings. The molecular weight excluding hydrogens is 368 g/mol. The third-order valence-corrected chi connectivity index (χ3v) is 6.07. The van der Waals surface area contributed by atoms with E-state index in [1.807, 2.05) is 24.3 Å². The molecule has 4 rings (SSSR count). The van der Waals surface area contributed by atoms with Crippen LogP contribution in [-0.2, 0) is 15.1 Å². The monoisotopic (exact) mass is 394 g/mol. The highest BCUT2D eigenvalue weighted by atomic mass is 16.5. The van der Waals surface area contributed by atoms with Crippen molar-refractivity contribution in [1.82, 2.24) is 5.32 Å². The molecule has 2 aromatic carbocycles. The number of benzene rings is 2. The Morgan fingerprint density at radius 3 is 2.41 bits per heavy atom. The number of rotatable bonds is 6. The molecule has 0 aromatic heterocycles. The van der Waals surface area contributed by atoms with Crippen molar-refractivity contribution in [1.29, 1.82) is 0 Å². The van der Waals surface area contributed by atoms with Crippen molar-refractivity contribution in [2.75, 3.05) is 25.7 Å². The molecule has 1 saturated heterocycles. The van der Waals surface area contributed by atoms with Crippen LogP contribution in [0.4, 0.5) is 5.69 Å². The van der Waals surface area contributed by atoms with E-state index in [0.717, 1.165) is 24.8 Å². The van der Waals surface area contributed by atoms with E-state index < -0.39 is 0 Å². The van der Waals surface area contributed by atoms with Crippen LogP contribution in [0, 0.1) is 5.92 Å². The molecule has 1 saturated carbocycles. The van der Waals surface area contributed by atoms with Crippen molar-refractivity contribution in [2.24, 2.45) is 5.92 Å². The normalized spacial score (nSPS) is 20.1. The topological polar surface area (TPSA) is 67.9 Å². The number of carbonyl (C=O) groups excluding carboxylic acids is 2. The summed E-state index contributed by atoms with van der Waals surface area (Å²) in [5, 5.41) is 3.26. The number of hydrogen-bond acceptors (Lipinski definition) is 4. The van der Waals surface area contributed by atoms with Gasteiger partial charge in [0.1, 0.15) is 0 Å². The second-order valence-corrected chi connectivity index (χ2v) is 7.74. The van der Waals surface area contributed by atoms with Crippen molar-refractivity contribution < 1.29 is 19.1 Å². The van der Waals surface area contributed by atoms with Gasteiger partial charge in [0.2, 0.25) is 11.8 Å². The Morgan fingerprint density at radius 1 is 1.07 bits per heavy atom. The number of nitrogens with one attached hydrogen (secondary N) is 1. The second kappa shape index (κ2) is 7.78. The number of nitrogens with zero attached hydrogens (tertiary/aromatic N) is 1. The van der Waals surface area contributed by atoms with Crippen LogP contribution in [-0.4, -0.2) is 32.6 Å². The summed E-state index contributed by atoms with van der Waals surface area (Å²) in [6, 6.07) is 15.5. The van der Waals surface area contributed by atoms with Crippen LogP contribution < -0.4 is 19.7 Å². The Balaban J connectivity index is 1.48. The van der Waals surface area contributed by atoms with Gasteiger partial charge < -0.3 is 19.7 Å². The summed E-state index contributed by atoms with van der Waals surface area (Å²) in [6.45, 7) is 0.366. The maximum absolute atomic E-state index is 13.0. The van der Waals surface area contributed by atoms with Gasteiger partial charge in [-0.05, 0) is 37.0 Å². The largest absolute Gasteiger partial charge is 0.493 e. The number of methoxy groups -OCH3 is 2. The number of ether oxygens (including phenoxy) is 2. The smallest absolute Gasteiger partial charge is 0.227 e. The average molecular weight is 394 g/mol. The molecule has 1 aliphatic heterocycles. The zero-order chi connectivity index (χ0) is 20.4. The molecule has 6 nitrogen and oxygen atoms in total. The Morgan fingerprint density at radius 2 is 1.79 bits per heavy atom. The van der Waals surface area contributed by atoms with Gasteiger partial charge in [-0.15, -0.1) is 0 Å². The first-order valence-electron chi connectivity index (χ1n) is 9.96. The molecule has 1 N–H and O–H groups in total. The second-order valence-electron chi connectivity index (χ2n) is 7.74. The summed E-state index contributed by atoms with van der Waals surface area (Å²) < 4.78 is 10.6. The lowest BCUT2D eigenvalue weighted by molar-refractivity contribution is -0.129. The number of anilines is 1. The Bertz CT molecular complexity index is 908. The summed E-state index contributed by atoms with van der Waals surface area (Å²) in [6.07, 6.45) is 3.17. The quantitative estimate of drug-likeness (QED) is 0.817. The van der Waals surface area contributed by atoms with Crippen LogP contribution in [0.15, 0.2) is 48.5 Å². The molecule has 152 valence electrons. The highest BCUT2D eigenvalue weighted by molar-refractivity contribution is 6.00. The van der Waals surface area contributed by atoms with Gasteiger partial charge in [-0.1, -0.05) is 30.3 Å². The van der Waals surface area contributed by atoms with Crippen molar-refractivity contribution in [2.45, 2.75) is 31.2 Å². The molecule has 29 heavy (non-hydrogen) atoms. The van der Waals surface area contributed by atoms with Gasteiger partial charge >= 0.3 is 0 Å². The highest BCUT2D eigenvalue weighted by Crippen LogP contribution is 2.42. The van der Waals surface area contributed by atoms with Gasteiger partial charge in [-0.3, -0.25) is 9.59 Å². The molecule has 0 bridgehead atoms. The number of amides is 2. The fourth-order valence-electron chi connectivity index (χ4n) is 4.24. The summed E-state index contributed by atoms with van der Waals surface area (Å²) in [5.74, 6) is 0.691. The third kappa shape index (κ3) is 3.55. The lowest BCUT2D eigenvalue weighted by Crippen LogP contribution is -2.52. The van der Waals surface area contributed by atoms with E-state index in [-0.39, 0.29) is 29.7 Å². The molecule has 0 radical (unpaired) electrons. The van der Waals surface area contributed by atoms with Crippen molar-refractivity contribution in [3.63, 3.8) is 0 Å². The minimum Gasteiger partial charge on any atom is -0.493 e. The molecule has 1 atom stereocenters. The van der Waals surface area contributed by atoms with Crippen molar-refractivity contribution >= 4 is 17.5 Å². The van der Waals surface area contributed by atoms with Crippen LogP contribution in [0.3, 0.4) is 0 Å². The molecule has 2 aromatic rings. The molecule has 2 amide bonds. The zero-order valence-corrected chi connectivity index (χ0v) is 16.8. The standard InChI is InChI=1S/C23H26N2O4/c1-28-19-10-9-18(14-20(19)29-2)25-15-16(13-21(25)26)22(27)24-23(11-6-12-23)17-7-4-3-5-8-17/h3-5,7-10,14,16H,6,11-13,15H2,1-2H3,(H,24,27)/t16-/m0/s1. The van der Waals surface area contributed by atoms with Crippen LogP contribution in [0.5, 0.6) is 11.5 Å². The van der Waals surface area contributed by atoms with Gasteiger partial charge in [-0.25, -0.2) is 0 Å². The fraction of sp³-hybridized carbons (Fsp3) is 0.391. The first-order valence-corrected chi connectivity index (χ1v) is 9.96. The summed E-state index contributed by atoms with van der Waals surface area (Å²) in [5.41, 5.74) is 1.56. The maximum atomic E-state index is 13.0. The summed E-state index contributed by atoms with van der Waals surface area (Å²) in [4.78, 5) is 27.3. The van der Waals surface area contributed by atoms with Gasteiger partial charge in [0, 0.05) is 24.7 Å². The van der Waals surface area contributed by atoms with Crippen molar-refractivity contribution in [3.8, 4) is 11.5 Å². The van der Waals surface area contributed by atoms with E-state index in [1.54, 1.807) is 31.3 Å². The molecule has 0 unspecified atom stereocenters. The van der Waals surface area contributed by atoms with Crippen LogP contribution >= 0.6 is 0 Å². The van der Waals surface area contributed by atoms with Gasteiger partial charge in [0.25, 0.3) is 0 Å². The molecule has 1 aliphatic carbocycles. The van der Waals surface area contributed by atoms with E-state index in [2.05, 4.69) is 17.4 Å². The van der Waals surface area contributed by atoms with E-state index in [1.165, 1.54) is 0 Å². The first-order chi connectivity index (χ1) is 14.1. The van der Waals surface area contributed by atoms with Crippen LogP contribution in [0.25, 0.3) is 0 Å². The molecule has 6 heteroatoms. The average Bonchev–Trinajstić information content (AvgIpc) is 3.12. The van der Waals surface area contributed by atoms with Gasteiger partial charge in [0.15, 0.2) is 11.5 Å². The van der Waals surface area contributed by atoms with Crippen LogP contribution in [0.2, 0.25) is 0 Å². The third-order valence-electron chi connectivity index (χ3n) is 6.07. The lowest BCUT2D eigenvalue weighted by atomic mass is 9.71. The molecular formula is C23H26N2O4. The predicted molar refractivity (Wildman–Crippen MR) is 110 cm³/mol. The first kappa shape index (κ1) is 19.3. The fourth-order valence-corrected chi connectivity index (χ4v) is 4.24. The van der Waals surface area contributed by atoms with Gasteiger partial charge in [0.05, 0.1) is 25.7 Å². The Hall–Kier alpha value is -3.02. The zero-order valence-electron chi connectivity index (χ0n) is 16.8. The molecule has 1 heterocycles. The Kier molecular flexibility index (Phi) is 5.18.